The second-order valence-corrected chi connectivity index (χ2v) is 9.32. The van der Waals surface area contributed by atoms with Gasteiger partial charge >= 0.3 is 5.69 Å². The third-order valence-corrected chi connectivity index (χ3v) is 5.99. The first kappa shape index (κ1) is 20.4. The van der Waals surface area contributed by atoms with Crippen molar-refractivity contribution in [3.63, 3.8) is 0 Å². The Hall–Kier alpha value is -1.87. The van der Waals surface area contributed by atoms with E-state index in [1.54, 1.807) is 0 Å². The number of carbonyl (C=O) groups is 1. The van der Waals surface area contributed by atoms with Gasteiger partial charge in [0.25, 0.3) is 5.91 Å². The van der Waals surface area contributed by atoms with Gasteiger partial charge in [-0.25, -0.2) is 8.42 Å². The number of sulfone groups is 1. The summed E-state index contributed by atoms with van der Waals surface area (Å²) in [6.45, 7) is 3.83. The van der Waals surface area contributed by atoms with Gasteiger partial charge in [-0.3, -0.25) is 14.9 Å². The summed E-state index contributed by atoms with van der Waals surface area (Å²) < 4.78 is 28.8. The van der Waals surface area contributed by atoms with Crippen LogP contribution in [0, 0.1) is 16.0 Å². The lowest BCUT2D eigenvalue weighted by molar-refractivity contribution is -0.385. The first-order valence-electron chi connectivity index (χ1n) is 8.15. The molecular weight excluding hydrogens is 384 g/mol. The molecule has 0 aliphatic carbocycles. The number of rotatable bonds is 7. The first-order valence-corrected chi connectivity index (χ1v) is 10.4. The molecule has 0 bridgehead atoms. The second kappa shape index (κ2) is 8.22. The number of carbonyl (C=O) groups excluding carboxylic acids is 1. The van der Waals surface area contributed by atoms with Crippen molar-refractivity contribution in [1.29, 1.82) is 0 Å². The monoisotopic (exact) mass is 404 g/mol. The standard InChI is InChI=1S/C16H21ClN2O6S/c1-11(2)8-18(13-5-6-26(23,24)10-13)16(20)9-25-15-4-3-12(17)7-14(15)19(21)22/h3-4,7,11,13H,5-6,8-10H2,1-2H3/t13-/m1/s1. The van der Waals surface area contributed by atoms with E-state index in [-0.39, 0.29) is 33.9 Å². The minimum atomic E-state index is -3.14. The van der Waals surface area contributed by atoms with Crippen LogP contribution in [0.5, 0.6) is 5.75 Å². The summed E-state index contributed by atoms with van der Waals surface area (Å²) in [6, 6.07) is 3.53. The average Bonchev–Trinajstić information content (AvgIpc) is 2.90. The summed E-state index contributed by atoms with van der Waals surface area (Å²) in [4.78, 5) is 24.6. The van der Waals surface area contributed by atoms with Gasteiger partial charge in [0.2, 0.25) is 0 Å². The molecule has 1 saturated heterocycles. The molecule has 1 aliphatic heterocycles. The van der Waals surface area contributed by atoms with E-state index >= 15 is 0 Å². The minimum absolute atomic E-state index is 0.0586. The number of amides is 1. The summed E-state index contributed by atoms with van der Waals surface area (Å²) in [6.07, 6.45) is 0.391. The molecule has 144 valence electrons. The minimum Gasteiger partial charge on any atom is -0.477 e. The van der Waals surface area contributed by atoms with Crippen LogP contribution in [-0.4, -0.2) is 54.8 Å². The van der Waals surface area contributed by atoms with Gasteiger partial charge in [0.05, 0.1) is 16.4 Å². The number of nitrogens with zero attached hydrogens (tertiary/aromatic N) is 2. The molecular formula is C16H21ClN2O6S. The van der Waals surface area contributed by atoms with Crippen LogP contribution in [0.1, 0.15) is 20.3 Å². The summed E-state index contributed by atoms with van der Waals surface area (Å²) >= 11 is 5.75. The van der Waals surface area contributed by atoms with E-state index in [2.05, 4.69) is 0 Å². The fourth-order valence-corrected chi connectivity index (χ4v) is 4.74. The lowest BCUT2D eigenvalue weighted by atomic mass is 10.1. The smallest absolute Gasteiger partial charge is 0.312 e. The normalized spacial score (nSPS) is 18.7. The molecule has 8 nitrogen and oxygen atoms in total. The highest BCUT2D eigenvalue weighted by atomic mass is 35.5. The lowest BCUT2D eigenvalue weighted by Gasteiger charge is -2.29. The van der Waals surface area contributed by atoms with E-state index in [1.165, 1.54) is 17.0 Å². The summed E-state index contributed by atoms with van der Waals surface area (Å²) in [7, 11) is -3.14. The highest BCUT2D eigenvalue weighted by Gasteiger charge is 2.35. The predicted molar refractivity (Wildman–Crippen MR) is 97.2 cm³/mol. The van der Waals surface area contributed by atoms with E-state index < -0.39 is 33.3 Å². The van der Waals surface area contributed by atoms with Crippen molar-refractivity contribution in [2.24, 2.45) is 5.92 Å². The lowest BCUT2D eigenvalue weighted by Crippen LogP contribution is -2.45. The van der Waals surface area contributed by atoms with Gasteiger partial charge in [0.1, 0.15) is 0 Å². The van der Waals surface area contributed by atoms with Gasteiger partial charge in [-0.15, -0.1) is 0 Å². The highest BCUT2D eigenvalue weighted by molar-refractivity contribution is 7.91. The van der Waals surface area contributed by atoms with E-state index in [4.69, 9.17) is 16.3 Å². The Morgan fingerprint density at radius 1 is 1.46 bits per heavy atom. The quantitative estimate of drug-likeness (QED) is 0.509. The van der Waals surface area contributed by atoms with Crippen molar-refractivity contribution in [2.75, 3.05) is 24.7 Å². The van der Waals surface area contributed by atoms with Gasteiger partial charge in [0.15, 0.2) is 22.2 Å². The predicted octanol–water partition coefficient (Wildman–Crippen LogP) is 2.30. The summed E-state index contributed by atoms with van der Waals surface area (Å²) in [5.41, 5.74) is -0.329. The zero-order chi connectivity index (χ0) is 19.5. The number of hydrogen-bond acceptors (Lipinski definition) is 6. The third kappa shape index (κ3) is 5.31. The molecule has 1 amide bonds. The maximum absolute atomic E-state index is 12.6. The van der Waals surface area contributed by atoms with Crippen LogP contribution in [-0.2, 0) is 14.6 Å². The molecule has 1 atom stereocenters. The molecule has 1 heterocycles. The fourth-order valence-electron chi connectivity index (χ4n) is 2.85. The maximum atomic E-state index is 12.6. The summed E-state index contributed by atoms with van der Waals surface area (Å²) in [5, 5.41) is 11.3. The largest absolute Gasteiger partial charge is 0.477 e. The van der Waals surface area contributed by atoms with Gasteiger partial charge < -0.3 is 9.64 Å². The van der Waals surface area contributed by atoms with Crippen molar-refractivity contribution in [3.05, 3.63) is 33.3 Å². The topological polar surface area (TPSA) is 107 Å². The zero-order valence-electron chi connectivity index (χ0n) is 14.6. The van der Waals surface area contributed by atoms with E-state index in [1.807, 2.05) is 13.8 Å². The molecule has 1 fully saturated rings. The van der Waals surface area contributed by atoms with Crippen molar-refractivity contribution in [2.45, 2.75) is 26.3 Å². The van der Waals surface area contributed by atoms with Crippen molar-refractivity contribution >= 4 is 33.0 Å². The van der Waals surface area contributed by atoms with Crippen LogP contribution in [0.4, 0.5) is 5.69 Å². The molecule has 0 unspecified atom stereocenters. The highest BCUT2D eigenvalue weighted by Crippen LogP contribution is 2.30. The SMILES string of the molecule is CC(C)CN(C(=O)COc1ccc(Cl)cc1[N+](=O)[O-])[C@@H]1CCS(=O)(=O)C1. The molecule has 0 N–H and O–H groups in total. The van der Waals surface area contributed by atoms with E-state index in [0.717, 1.165) is 6.07 Å². The van der Waals surface area contributed by atoms with Crippen LogP contribution in [0.3, 0.4) is 0 Å². The van der Waals surface area contributed by atoms with Crippen LogP contribution < -0.4 is 4.74 Å². The van der Waals surface area contributed by atoms with Crippen molar-refractivity contribution in [1.82, 2.24) is 4.90 Å². The Balaban J connectivity index is 2.12. The molecule has 1 aromatic rings. The van der Waals surface area contributed by atoms with Crippen molar-refractivity contribution < 1.29 is 22.9 Å². The van der Waals surface area contributed by atoms with Crippen LogP contribution >= 0.6 is 11.6 Å². The van der Waals surface area contributed by atoms with Gasteiger partial charge in [-0.1, -0.05) is 25.4 Å². The van der Waals surface area contributed by atoms with Crippen molar-refractivity contribution in [3.8, 4) is 5.75 Å². The maximum Gasteiger partial charge on any atom is 0.312 e. The zero-order valence-corrected chi connectivity index (χ0v) is 16.1. The molecule has 1 aromatic carbocycles. The molecule has 0 radical (unpaired) electrons. The number of ether oxygens (including phenoxy) is 1. The molecule has 1 aliphatic rings. The van der Waals surface area contributed by atoms with Crippen LogP contribution in [0.15, 0.2) is 18.2 Å². The fraction of sp³-hybridized carbons (Fsp3) is 0.562. The third-order valence-electron chi connectivity index (χ3n) is 4.00. The van der Waals surface area contributed by atoms with Gasteiger partial charge in [-0.2, -0.15) is 0 Å². The van der Waals surface area contributed by atoms with E-state index in [9.17, 15) is 23.3 Å². The molecule has 2 rings (SSSR count). The van der Waals surface area contributed by atoms with E-state index in [0.29, 0.717) is 13.0 Å². The Morgan fingerprint density at radius 3 is 2.69 bits per heavy atom. The molecule has 0 saturated carbocycles. The Labute approximate surface area is 157 Å². The molecule has 26 heavy (non-hydrogen) atoms. The molecule has 10 heteroatoms. The Morgan fingerprint density at radius 2 is 2.15 bits per heavy atom. The molecule has 0 aromatic heterocycles. The second-order valence-electron chi connectivity index (χ2n) is 6.65. The van der Waals surface area contributed by atoms with Gasteiger partial charge in [-0.05, 0) is 24.5 Å². The van der Waals surface area contributed by atoms with Gasteiger partial charge in [0, 0.05) is 23.7 Å². The Bertz CT molecular complexity index is 796. The number of nitro benzene ring substituents is 1. The first-order chi connectivity index (χ1) is 12.1. The number of hydrogen-bond donors (Lipinski definition) is 0. The number of halogens is 1. The number of nitro groups is 1. The Kier molecular flexibility index (Phi) is 6.46. The molecule has 0 spiro atoms. The average molecular weight is 405 g/mol. The number of benzene rings is 1. The van der Waals surface area contributed by atoms with Crippen LogP contribution in [0.2, 0.25) is 5.02 Å². The van der Waals surface area contributed by atoms with Crippen LogP contribution in [0.25, 0.3) is 0 Å². The summed E-state index contributed by atoms with van der Waals surface area (Å²) in [5.74, 6) is -0.316.